The van der Waals surface area contributed by atoms with Gasteiger partial charge in [-0.05, 0) is 19.2 Å². The van der Waals surface area contributed by atoms with Gasteiger partial charge in [0.25, 0.3) is 0 Å². The number of rotatable bonds is 4. The van der Waals surface area contributed by atoms with Crippen LogP contribution in [0.15, 0.2) is 28.8 Å². The van der Waals surface area contributed by atoms with Crippen molar-refractivity contribution in [2.45, 2.75) is 6.54 Å². The summed E-state index contributed by atoms with van der Waals surface area (Å²) in [5.74, 6) is 1.92. The lowest BCUT2D eigenvalue weighted by Crippen LogP contribution is -2.04. The van der Waals surface area contributed by atoms with E-state index in [0.29, 0.717) is 18.3 Å². The molecule has 17 heavy (non-hydrogen) atoms. The number of aromatic nitrogens is 2. The molecule has 1 aromatic carbocycles. The van der Waals surface area contributed by atoms with Gasteiger partial charge in [0.05, 0.1) is 13.7 Å². The summed E-state index contributed by atoms with van der Waals surface area (Å²) >= 11 is 0. The second-order valence-electron chi connectivity index (χ2n) is 3.27. The topological polar surface area (TPSA) is 60.2 Å². The fourth-order valence-corrected chi connectivity index (χ4v) is 1.36. The molecule has 0 bridgehead atoms. The predicted molar refractivity (Wildman–Crippen MR) is 66.3 cm³/mol. The molecule has 0 saturated carbocycles. The third-order valence-corrected chi connectivity index (χ3v) is 2.12. The largest absolute Gasteiger partial charge is 0.497 e. The number of nitrogens with one attached hydrogen (secondary N) is 1. The maximum absolute atomic E-state index is 5.13. The lowest BCUT2D eigenvalue weighted by atomic mass is 10.2. The van der Waals surface area contributed by atoms with Gasteiger partial charge in [0.2, 0.25) is 11.7 Å². The molecule has 92 valence electrons. The molecule has 1 aromatic heterocycles. The number of ether oxygens (including phenoxy) is 1. The van der Waals surface area contributed by atoms with Gasteiger partial charge >= 0.3 is 0 Å². The van der Waals surface area contributed by atoms with Gasteiger partial charge in [-0.3, -0.25) is 0 Å². The van der Waals surface area contributed by atoms with E-state index in [1.54, 1.807) is 7.11 Å². The molecule has 2 rings (SSSR count). The highest BCUT2D eigenvalue weighted by molar-refractivity contribution is 5.85. The Morgan fingerprint density at radius 2 is 2.24 bits per heavy atom. The van der Waals surface area contributed by atoms with Crippen LogP contribution < -0.4 is 10.1 Å². The van der Waals surface area contributed by atoms with E-state index < -0.39 is 0 Å². The first-order chi connectivity index (χ1) is 7.83. The molecule has 0 saturated heterocycles. The van der Waals surface area contributed by atoms with Crippen molar-refractivity contribution in [3.05, 3.63) is 30.2 Å². The van der Waals surface area contributed by atoms with Crippen LogP contribution in [-0.4, -0.2) is 24.3 Å². The maximum atomic E-state index is 5.13. The molecule has 1 heterocycles. The Bertz CT molecular complexity index is 473. The Morgan fingerprint density at radius 3 is 2.94 bits per heavy atom. The molecular formula is C11H14ClN3O2. The van der Waals surface area contributed by atoms with Crippen LogP contribution >= 0.6 is 12.4 Å². The summed E-state index contributed by atoms with van der Waals surface area (Å²) in [5, 5.41) is 6.85. The molecule has 0 aliphatic heterocycles. The Balaban J connectivity index is 0.00000144. The molecule has 0 aliphatic carbocycles. The van der Waals surface area contributed by atoms with Crippen LogP contribution in [-0.2, 0) is 6.54 Å². The van der Waals surface area contributed by atoms with Gasteiger partial charge in [0.1, 0.15) is 5.75 Å². The number of hydrogen-bond donors (Lipinski definition) is 1. The van der Waals surface area contributed by atoms with Crippen molar-refractivity contribution in [3.8, 4) is 17.1 Å². The SMILES string of the molecule is CNCc1nc(-c2cccc(OC)c2)no1.Cl. The second kappa shape index (κ2) is 6.22. The molecule has 0 spiro atoms. The van der Waals surface area contributed by atoms with Crippen LogP contribution in [0, 0.1) is 0 Å². The molecule has 0 aliphatic rings. The molecule has 5 nitrogen and oxygen atoms in total. The smallest absolute Gasteiger partial charge is 0.240 e. The number of nitrogens with zero attached hydrogens (tertiary/aromatic N) is 2. The van der Waals surface area contributed by atoms with Crippen LogP contribution in [0.3, 0.4) is 0 Å². The van der Waals surface area contributed by atoms with Crippen molar-refractivity contribution in [2.75, 3.05) is 14.2 Å². The summed E-state index contributed by atoms with van der Waals surface area (Å²) in [6, 6.07) is 7.55. The Labute approximate surface area is 106 Å². The summed E-state index contributed by atoms with van der Waals surface area (Å²) in [5.41, 5.74) is 0.880. The molecule has 1 N–H and O–H groups in total. The fourth-order valence-electron chi connectivity index (χ4n) is 1.36. The molecule has 2 aromatic rings. The summed E-state index contributed by atoms with van der Waals surface area (Å²) in [4.78, 5) is 4.25. The van der Waals surface area contributed by atoms with Gasteiger partial charge in [0.15, 0.2) is 0 Å². The Hall–Kier alpha value is -1.59. The van der Waals surface area contributed by atoms with E-state index in [0.717, 1.165) is 11.3 Å². The quantitative estimate of drug-likeness (QED) is 0.904. The second-order valence-corrected chi connectivity index (χ2v) is 3.27. The van der Waals surface area contributed by atoms with Crippen molar-refractivity contribution in [2.24, 2.45) is 0 Å². The van der Waals surface area contributed by atoms with Crippen LogP contribution in [0.1, 0.15) is 5.89 Å². The van der Waals surface area contributed by atoms with Gasteiger partial charge in [-0.1, -0.05) is 17.3 Å². The van der Waals surface area contributed by atoms with E-state index in [2.05, 4.69) is 15.5 Å². The van der Waals surface area contributed by atoms with E-state index in [9.17, 15) is 0 Å². The minimum absolute atomic E-state index is 0. The Morgan fingerprint density at radius 1 is 1.41 bits per heavy atom. The number of halogens is 1. The summed E-state index contributed by atoms with van der Waals surface area (Å²) in [7, 11) is 3.46. The standard InChI is InChI=1S/C11H13N3O2.ClH/c1-12-7-10-13-11(14-16-10)8-4-3-5-9(6-8)15-2;/h3-6,12H,7H2,1-2H3;1H. The molecule has 0 atom stereocenters. The molecule has 0 unspecified atom stereocenters. The molecule has 0 amide bonds. The van der Waals surface area contributed by atoms with Crippen molar-refractivity contribution in [1.29, 1.82) is 0 Å². The van der Waals surface area contributed by atoms with Gasteiger partial charge in [-0.25, -0.2) is 0 Å². The third-order valence-electron chi connectivity index (χ3n) is 2.12. The van der Waals surface area contributed by atoms with E-state index in [1.807, 2.05) is 31.3 Å². The first-order valence-corrected chi connectivity index (χ1v) is 4.95. The molecule has 6 heteroatoms. The predicted octanol–water partition coefficient (Wildman–Crippen LogP) is 1.89. The monoisotopic (exact) mass is 255 g/mol. The number of hydrogen-bond acceptors (Lipinski definition) is 5. The molecule has 0 fully saturated rings. The van der Waals surface area contributed by atoms with Crippen LogP contribution in [0.5, 0.6) is 5.75 Å². The first kappa shape index (κ1) is 13.5. The first-order valence-electron chi connectivity index (χ1n) is 4.95. The summed E-state index contributed by atoms with van der Waals surface area (Å²) < 4.78 is 10.2. The fraction of sp³-hybridized carbons (Fsp3) is 0.273. The number of benzene rings is 1. The van der Waals surface area contributed by atoms with E-state index in [4.69, 9.17) is 9.26 Å². The average Bonchev–Trinajstić information content (AvgIpc) is 2.78. The highest BCUT2D eigenvalue weighted by Gasteiger charge is 2.08. The minimum Gasteiger partial charge on any atom is -0.497 e. The molecular weight excluding hydrogens is 242 g/mol. The van der Waals surface area contributed by atoms with E-state index >= 15 is 0 Å². The van der Waals surface area contributed by atoms with Crippen LogP contribution in [0.25, 0.3) is 11.4 Å². The minimum atomic E-state index is 0. The van der Waals surface area contributed by atoms with E-state index in [-0.39, 0.29) is 12.4 Å². The normalized spacial score (nSPS) is 9.76. The molecule has 0 radical (unpaired) electrons. The Kier molecular flexibility index (Phi) is 4.93. The van der Waals surface area contributed by atoms with Gasteiger partial charge in [-0.2, -0.15) is 4.98 Å². The van der Waals surface area contributed by atoms with E-state index in [1.165, 1.54) is 0 Å². The van der Waals surface area contributed by atoms with Crippen molar-refractivity contribution in [1.82, 2.24) is 15.5 Å². The zero-order chi connectivity index (χ0) is 11.4. The van der Waals surface area contributed by atoms with Gasteiger partial charge in [-0.15, -0.1) is 12.4 Å². The van der Waals surface area contributed by atoms with Crippen molar-refractivity contribution >= 4 is 12.4 Å². The average molecular weight is 256 g/mol. The lowest BCUT2D eigenvalue weighted by Gasteiger charge is -1.99. The van der Waals surface area contributed by atoms with Gasteiger partial charge < -0.3 is 14.6 Å². The lowest BCUT2D eigenvalue weighted by molar-refractivity contribution is 0.372. The third kappa shape index (κ3) is 3.18. The van der Waals surface area contributed by atoms with Crippen molar-refractivity contribution < 1.29 is 9.26 Å². The number of methoxy groups -OCH3 is 1. The zero-order valence-corrected chi connectivity index (χ0v) is 10.5. The summed E-state index contributed by atoms with van der Waals surface area (Å²) in [6.07, 6.45) is 0. The van der Waals surface area contributed by atoms with Crippen LogP contribution in [0.2, 0.25) is 0 Å². The summed E-state index contributed by atoms with van der Waals surface area (Å²) in [6.45, 7) is 0.566. The highest BCUT2D eigenvalue weighted by atomic mass is 35.5. The van der Waals surface area contributed by atoms with Crippen molar-refractivity contribution in [3.63, 3.8) is 0 Å². The van der Waals surface area contributed by atoms with Gasteiger partial charge in [0, 0.05) is 5.56 Å². The van der Waals surface area contributed by atoms with Crippen LogP contribution in [0.4, 0.5) is 0 Å². The highest BCUT2D eigenvalue weighted by Crippen LogP contribution is 2.20. The zero-order valence-electron chi connectivity index (χ0n) is 9.64. The maximum Gasteiger partial charge on any atom is 0.240 e.